The van der Waals surface area contributed by atoms with Crippen LogP contribution in [-0.2, 0) is 16.0 Å². The molecule has 6 heteroatoms. The van der Waals surface area contributed by atoms with Crippen molar-refractivity contribution in [3.63, 3.8) is 0 Å². The molecule has 2 atom stereocenters. The van der Waals surface area contributed by atoms with Crippen molar-refractivity contribution < 1.29 is 14.3 Å². The van der Waals surface area contributed by atoms with Gasteiger partial charge < -0.3 is 15.0 Å². The molecule has 0 fully saturated rings. The summed E-state index contributed by atoms with van der Waals surface area (Å²) in [6, 6.07) is 4.99. The van der Waals surface area contributed by atoms with Gasteiger partial charge in [0.15, 0.2) is 0 Å². The Morgan fingerprint density at radius 1 is 1.38 bits per heavy atom. The molecule has 0 saturated carbocycles. The van der Waals surface area contributed by atoms with E-state index in [0.29, 0.717) is 19.4 Å². The minimum absolute atomic E-state index is 0.168. The second-order valence-corrected chi connectivity index (χ2v) is 7.26. The SMILES string of the molecule is C=C[C@@H](CC)[C@H](NC(=O)OC(C)(C)C)C(=O)N(C)CCc1ccccn1. The van der Waals surface area contributed by atoms with Gasteiger partial charge in [0, 0.05) is 37.8 Å². The molecule has 1 N–H and O–H groups in total. The van der Waals surface area contributed by atoms with Crippen molar-refractivity contribution in [3.8, 4) is 0 Å². The van der Waals surface area contributed by atoms with Gasteiger partial charge in [-0.3, -0.25) is 9.78 Å². The van der Waals surface area contributed by atoms with E-state index in [1.54, 1.807) is 45.0 Å². The number of amides is 2. The number of carbonyl (C=O) groups excluding carboxylic acids is 2. The van der Waals surface area contributed by atoms with Gasteiger partial charge in [0.2, 0.25) is 5.91 Å². The number of nitrogens with one attached hydrogen (secondary N) is 1. The fraction of sp³-hybridized carbons (Fsp3) is 0.550. The van der Waals surface area contributed by atoms with Gasteiger partial charge >= 0.3 is 6.09 Å². The zero-order valence-corrected chi connectivity index (χ0v) is 16.5. The summed E-state index contributed by atoms with van der Waals surface area (Å²) in [6.45, 7) is 11.6. The van der Waals surface area contributed by atoms with Crippen molar-refractivity contribution in [2.45, 2.75) is 52.2 Å². The van der Waals surface area contributed by atoms with Crippen LogP contribution in [0.5, 0.6) is 0 Å². The lowest BCUT2D eigenvalue weighted by atomic mass is 9.96. The molecule has 0 aromatic carbocycles. The zero-order chi connectivity index (χ0) is 19.7. The molecule has 0 bridgehead atoms. The fourth-order valence-corrected chi connectivity index (χ4v) is 2.50. The van der Waals surface area contributed by atoms with Crippen LogP contribution in [0.2, 0.25) is 0 Å². The Morgan fingerprint density at radius 2 is 2.08 bits per heavy atom. The number of carbonyl (C=O) groups is 2. The molecule has 0 aliphatic heterocycles. The minimum Gasteiger partial charge on any atom is -0.444 e. The van der Waals surface area contributed by atoms with Gasteiger partial charge in [0.1, 0.15) is 11.6 Å². The van der Waals surface area contributed by atoms with Crippen molar-refractivity contribution in [2.75, 3.05) is 13.6 Å². The number of likely N-dealkylation sites (N-methyl/N-ethyl adjacent to an activating group) is 1. The van der Waals surface area contributed by atoms with Crippen LogP contribution in [0.25, 0.3) is 0 Å². The van der Waals surface area contributed by atoms with Crippen LogP contribution in [0.4, 0.5) is 4.79 Å². The molecular formula is C20H31N3O3. The average Bonchev–Trinajstić information content (AvgIpc) is 2.58. The number of nitrogens with zero attached hydrogens (tertiary/aromatic N) is 2. The van der Waals surface area contributed by atoms with Crippen molar-refractivity contribution in [2.24, 2.45) is 5.92 Å². The normalized spacial score (nSPS) is 13.4. The lowest BCUT2D eigenvalue weighted by molar-refractivity contribution is -0.133. The molecule has 1 aromatic rings. The highest BCUT2D eigenvalue weighted by Crippen LogP contribution is 2.15. The van der Waals surface area contributed by atoms with Gasteiger partial charge in [0.25, 0.3) is 0 Å². The average molecular weight is 361 g/mol. The van der Waals surface area contributed by atoms with Gasteiger partial charge in [-0.2, -0.15) is 0 Å². The molecule has 0 spiro atoms. The molecule has 0 aliphatic carbocycles. The Balaban J connectivity index is 2.79. The largest absolute Gasteiger partial charge is 0.444 e. The molecule has 0 saturated heterocycles. The minimum atomic E-state index is -0.707. The molecule has 144 valence electrons. The van der Waals surface area contributed by atoms with Gasteiger partial charge in [-0.05, 0) is 39.3 Å². The number of rotatable bonds is 8. The summed E-state index contributed by atoms with van der Waals surface area (Å²) in [6.07, 6.45) is 4.16. The third kappa shape index (κ3) is 7.25. The van der Waals surface area contributed by atoms with E-state index < -0.39 is 17.7 Å². The third-order valence-corrected chi connectivity index (χ3v) is 3.95. The van der Waals surface area contributed by atoms with Crippen molar-refractivity contribution in [1.82, 2.24) is 15.2 Å². The third-order valence-electron chi connectivity index (χ3n) is 3.95. The first kappa shape index (κ1) is 21.7. The zero-order valence-electron chi connectivity index (χ0n) is 16.5. The molecule has 2 amide bonds. The van der Waals surface area contributed by atoms with E-state index in [9.17, 15) is 9.59 Å². The first-order chi connectivity index (χ1) is 12.2. The van der Waals surface area contributed by atoms with Gasteiger partial charge in [-0.1, -0.05) is 19.1 Å². The summed E-state index contributed by atoms with van der Waals surface area (Å²) in [7, 11) is 1.73. The van der Waals surface area contributed by atoms with Gasteiger partial charge in [0.05, 0.1) is 0 Å². The summed E-state index contributed by atoms with van der Waals surface area (Å²) in [4.78, 5) is 31.0. The van der Waals surface area contributed by atoms with E-state index in [1.807, 2.05) is 25.1 Å². The Hall–Kier alpha value is -2.37. The maximum Gasteiger partial charge on any atom is 0.408 e. The number of alkyl carbamates (subject to hydrolysis) is 1. The van der Waals surface area contributed by atoms with Gasteiger partial charge in [-0.15, -0.1) is 6.58 Å². The molecule has 1 rings (SSSR count). The van der Waals surface area contributed by atoms with Crippen LogP contribution in [0.1, 0.15) is 39.8 Å². The van der Waals surface area contributed by atoms with Crippen LogP contribution in [0.15, 0.2) is 37.1 Å². The van der Waals surface area contributed by atoms with E-state index in [2.05, 4.69) is 16.9 Å². The molecule has 0 aliphatic rings. The van der Waals surface area contributed by atoms with E-state index in [-0.39, 0.29) is 11.8 Å². The Bertz CT molecular complexity index is 596. The number of aromatic nitrogens is 1. The number of ether oxygens (including phenoxy) is 1. The first-order valence-corrected chi connectivity index (χ1v) is 8.95. The molecule has 1 aromatic heterocycles. The summed E-state index contributed by atoms with van der Waals surface area (Å²) in [5, 5.41) is 2.72. The molecule has 0 unspecified atom stereocenters. The van der Waals surface area contributed by atoms with E-state index >= 15 is 0 Å². The smallest absolute Gasteiger partial charge is 0.408 e. The molecule has 6 nitrogen and oxygen atoms in total. The predicted octanol–water partition coefficient (Wildman–Crippen LogP) is 3.19. The highest BCUT2D eigenvalue weighted by Gasteiger charge is 2.31. The first-order valence-electron chi connectivity index (χ1n) is 8.95. The van der Waals surface area contributed by atoms with Crippen molar-refractivity contribution in [3.05, 3.63) is 42.7 Å². The standard InChI is InChI=1S/C20H31N3O3/c1-7-15(8-2)17(22-19(25)26-20(3,4)5)18(24)23(6)14-12-16-11-9-10-13-21-16/h7,9-11,13,15,17H,1,8,12,14H2,2-6H3,(H,22,25)/t15-,17-/m0/s1. The predicted molar refractivity (Wildman–Crippen MR) is 103 cm³/mol. The molecule has 0 radical (unpaired) electrons. The number of hydrogen-bond acceptors (Lipinski definition) is 4. The molecule has 26 heavy (non-hydrogen) atoms. The molecular weight excluding hydrogens is 330 g/mol. The summed E-state index contributed by atoms with van der Waals surface area (Å²) in [5.74, 6) is -0.342. The van der Waals surface area contributed by atoms with Crippen LogP contribution >= 0.6 is 0 Å². The highest BCUT2D eigenvalue weighted by atomic mass is 16.6. The van der Waals surface area contributed by atoms with Crippen LogP contribution in [-0.4, -0.2) is 47.1 Å². The number of hydrogen-bond donors (Lipinski definition) is 1. The Morgan fingerprint density at radius 3 is 2.58 bits per heavy atom. The van der Waals surface area contributed by atoms with E-state index in [0.717, 1.165) is 5.69 Å². The van der Waals surface area contributed by atoms with Gasteiger partial charge in [-0.25, -0.2) is 4.79 Å². The summed E-state index contributed by atoms with van der Waals surface area (Å²) in [5.41, 5.74) is 0.290. The van der Waals surface area contributed by atoms with E-state index in [4.69, 9.17) is 4.74 Å². The van der Waals surface area contributed by atoms with Crippen LogP contribution in [0.3, 0.4) is 0 Å². The quantitative estimate of drug-likeness (QED) is 0.722. The summed E-state index contributed by atoms with van der Waals surface area (Å²) < 4.78 is 5.30. The highest BCUT2D eigenvalue weighted by molar-refractivity contribution is 5.86. The lowest BCUT2D eigenvalue weighted by Crippen LogP contribution is -2.52. The molecule has 1 heterocycles. The van der Waals surface area contributed by atoms with Crippen LogP contribution in [0, 0.1) is 5.92 Å². The monoisotopic (exact) mass is 361 g/mol. The topological polar surface area (TPSA) is 71.5 Å². The van der Waals surface area contributed by atoms with Crippen molar-refractivity contribution >= 4 is 12.0 Å². The second kappa shape index (κ2) is 9.94. The Labute approximate surface area is 156 Å². The van der Waals surface area contributed by atoms with Crippen molar-refractivity contribution in [1.29, 1.82) is 0 Å². The van der Waals surface area contributed by atoms with Crippen LogP contribution < -0.4 is 5.32 Å². The second-order valence-electron chi connectivity index (χ2n) is 7.26. The maximum atomic E-state index is 12.9. The Kier molecular flexibility index (Phi) is 8.29. The maximum absolute atomic E-state index is 12.9. The fourth-order valence-electron chi connectivity index (χ4n) is 2.50. The summed E-state index contributed by atoms with van der Waals surface area (Å²) >= 11 is 0. The number of pyridine rings is 1. The van der Waals surface area contributed by atoms with E-state index in [1.165, 1.54) is 0 Å². The lowest BCUT2D eigenvalue weighted by Gasteiger charge is -2.29.